The molecule has 0 saturated heterocycles. The summed E-state index contributed by atoms with van der Waals surface area (Å²) in [4.78, 5) is 16.2. The zero-order valence-corrected chi connectivity index (χ0v) is 9.80. The molecule has 1 heterocycles. The summed E-state index contributed by atoms with van der Waals surface area (Å²) in [5.74, 6) is 0. The second kappa shape index (κ2) is 4.04. The molecule has 0 radical (unpaired) electrons. The second-order valence-electron chi connectivity index (χ2n) is 4.72. The highest BCUT2D eigenvalue weighted by Gasteiger charge is 2.39. The van der Waals surface area contributed by atoms with Crippen molar-refractivity contribution >= 4 is 11.7 Å². The van der Waals surface area contributed by atoms with Crippen LogP contribution in [0, 0.1) is 0 Å². The van der Waals surface area contributed by atoms with Gasteiger partial charge in [-0.05, 0) is 24.5 Å². The van der Waals surface area contributed by atoms with Crippen molar-refractivity contribution in [1.29, 1.82) is 0 Å². The van der Waals surface area contributed by atoms with Gasteiger partial charge < -0.3 is 10.6 Å². The lowest BCUT2D eigenvalue weighted by Crippen LogP contribution is -2.49. The van der Waals surface area contributed by atoms with Crippen LogP contribution < -0.4 is 10.6 Å². The van der Waals surface area contributed by atoms with Crippen LogP contribution in [0.1, 0.15) is 18.4 Å². The third kappa shape index (κ3) is 1.78. The van der Waals surface area contributed by atoms with Crippen molar-refractivity contribution in [2.75, 3.05) is 18.0 Å². The van der Waals surface area contributed by atoms with E-state index in [0.717, 1.165) is 18.5 Å². The van der Waals surface area contributed by atoms with E-state index in [0.29, 0.717) is 25.7 Å². The van der Waals surface area contributed by atoms with Crippen molar-refractivity contribution < 1.29 is 4.79 Å². The minimum Gasteiger partial charge on any atom is -0.329 e. The Morgan fingerprint density at radius 2 is 2.06 bits per heavy atom. The van der Waals surface area contributed by atoms with E-state index in [4.69, 9.17) is 5.73 Å². The maximum absolute atomic E-state index is 12.4. The Hall–Kier alpha value is -1.55. The fourth-order valence-electron chi connectivity index (χ4n) is 2.42. The van der Waals surface area contributed by atoms with Gasteiger partial charge in [0, 0.05) is 25.7 Å². The molecule has 1 aromatic rings. The van der Waals surface area contributed by atoms with Gasteiger partial charge in [0.15, 0.2) is 0 Å². The summed E-state index contributed by atoms with van der Waals surface area (Å²) in [5, 5.41) is 0. The van der Waals surface area contributed by atoms with E-state index in [2.05, 4.69) is 6.07 Å². The monoisotopic (exact) mass is 231 g/mol. The number of fused-ring (bicyclic) bond motifs is 1. The molecule has 17 heavy (non-hydrogen) atoms. The van der Waals surface area contributed by atoms with Crippen LogP contribution in [0.2, 0.25) is 0 Å². The molecule has 1 saturated carbocycles. The summed E-state index contributed by atoms with van der Waals surface area (Å²) in [6, 6.07) is 8.70. The molecule has 1 aliphatic carbocycles. The van der Waals surface area contributed by atoms with Crippen molar-refractivity contribution in [2.45, 2.75) is 25.4 Å². The molecular weight excluding hydrogens is 214 g/mol. The Bertz CT molecular complexity index is 442. The predicted molar refractivity (Wildman–Crippen MR) is 66.8 cm³/mol. The van der Waals surface area contributed by atoms with Gasteiger partial charge in [0.05, 0.1) is 5.69 Å². The molecule has 4 nitrogen and oxygen atoms in total. The number of hydrogen-bond acceptors (Lipinski definition) is 2. The van der Waals surface area contributed by atoms with Crippen LogP contribution in [0.3, 0.4) is 0 Å². The summed E-state index contributed by atoms with van der Waals surface area (Å²) < 4.78 is 0. The van der Waals surface area contributed by atoms with E-state index in [9.17, 15) is 4.79 Å². The van der Waals surface area contributed by atoms with Gasteiger partial charge in [-0.2, -0.15) is 0 Å². The summed E-state index contributed by atoms with van der Waals surface area (Å²) in [5.41, 5.74) is 7.89. The van der Waals surface area contributed by atoms with E-state index in [1.807, 2.05) is 28.0 Å². The Labute approximate surface area is 101 Å². The van der Waals surface area contributed by atoms with Gasteiger partial charge in [0.25, 0.3) is 0 Å². The van der Waals surface area contributed by atoms with Crippen LogP contribution in [-0.2, 0) is 6.54 Å². The van der Waals surface area contributed by atoms with Gasteiger partial charge >= 0.3 is 6.03 Å². The smallest absolute Gasteiger partial charge is 0.325 e. The van der Waals surface area contributed by atoms with Crippen molar-refractivity contribution in [1.82, 2.24) is 4.90 Å². The average Bonchev–Trinajstić information content (AvgIpc) is 3.15. The zero-order chi connectivity index (χ0) is 11.8. The molecule has 1 aromatic carbocycles. The van der Waals surface area contributed by atoms with Crippen LogP contribution in [0.25, 0.3) is 0 Å². The Balaban J connectivity index is 1.97. The predicted octanol–water partition coefficient (Wildman–Crippen LogP) is 1.55. The van der Waals surface area contributed by atoms with Gasteiger partial charge in [-0.25, -0.2) is 4.79 Å². The number of nitrogens with two attached hydrogens (primary N) is 1. The van der Waals surface area contributed by atoms with E-state index < -0.39 is 0 Å². The minimum atomic E-state index is 0.122. The lowest BCUT2D eigenvalue weighted by atomic mass is 10.1. The first-order chi connectivity index (χ1) is 8.31. The molecule has 0 aromatic heterocycles. The number of rotatable bonds is 3. The van der Waals surface area contributed by atoms with Gasteiger partial charge in [0.1, 0.15) is 0 Å². The van der Waals surface area contributed by atoms with Crippen molar-refractivity contribution in [2.24, 2.45) is 5.73 Å². The summed E-state index contributed by atoms with van der Waals surface area (Å²) >= 11 is 0. The molecule has 2 aliphatic rings. The standard InChI is InChI=1S/C13H17N3O/c14-7-8-15-9-10-3-1-2-4-12(10)16(13(15)17)11-5-6-11/h1-4,11H,5-9,14H2. The SMILES string of the molecule is NCCN1Cc2ccccc2N(C2CC2)C1=O. The summed E-state index contributed by atoms with van der Waals surface area (Å²) in [7, 11) is 0. The third-order valence-electron chi connectivity index (χ3n) is 3.40. The normalized spacial score (nSPS) is 19.5. The molecule has 4 heteroatoms. The van der Waals surface area contributed by atoms with Crippen molar-refractivity contribution in [3.63, 3.8) is 0 Å². The molecule has 0 atom stereocenters. The number of carbonyl (C=O) groups is 1. The van der Waals surface area contributed by atoms with Gasteiger partial charge in [-0.1, -0.05) is 18.2 Å². The topological polar surface area (TPSA) is 49.6 Å². The Morgan fingerprint density at radius 1 is 1.29 bits per heavy atom. The van der Waals surface area contributed by atoms with Gasteiger partial charge in [-0.15, -0.1) is 0 Å². The molecule has 1 aliphatic heterocycles. The summed E-state index contributed by atoms with van der Waals surface area (Å²) in [6.07, 6.45) is 2.24. The average molecular weight is 231 g/mol. The van der Waals surface area contributed by atoms with E-state index in [1.165, 1.54) is 5.56 Å². The Morgan fingerprint density at radius 3 is 2.76 bits per heavy atom. The number of para-hydroxylation sites is 1. The lowest BCUT2D eigenvalue weighted by molar-refractivity contribution is 0.199. The molecule has 1 fully saturated rings. The lowest BCUT2D eigenvalue weighted by Gasteiger charge is -2.37. The van der Waals surface area contributed by atoms with Gasteiger partial charge in [-0.3, -0.25) is 4.90 Å². The van der Waals surface area contributed by atoms with Crippen LogP contribution in [0.5, 0.6) is 0 Å². The van der Waals surface area contributed by atoms with Crippen molar-refractivity contribution in [3.05, 3.63) is 29.8 Å². The first kappa shape index (κ1) is 10.6. The molecule has 90 valence electrons. The molecular formula is C13H17N3O. The molecule has 0 spiro atoms. The maximum Gasteiger partial charge on any atom is 0.325 e. The minimum absolute atomic E-state index is 0.122. The quantitative estimate of drug-likeness (QED) is 0.858. The van der Waals surface area contributed by atoms with Crippen LogP contribution >= 0.6 is 0 Å². The first-order valence-electron chi connectivity index (χ1n) is 6.17. The van der Waals surface area contributed by atoms with E-state index >= 15 is 0 Å². The van der Waals surface area contributed by atoms with E-state index in [1.54, 1.807) is 0 Å². The summed E-state index contributed by atoms with van der Waals surface area (Å²) in [6.45, 7) is 1.85. The van der Waals surface area contributed by atoms with Gasteiger partial charge in [0.2, 0.25) is 0 Å². The number of anilines is 1. The second-order valence-corrected chi connectivity index (χ2v) is 4.72. The fourth-order valence-corrected chi connectivity index (χ4v) is 2.42. The number of carbonyl (C=O) groups excluding carboxylic acids is 1. The van der Waals surface area contributed by atoms with Crippen LogP contribution in [0.15, 0.2) is 24.3 Å². The number of amides is 2. The highest BCUT2D eigenvalue weighted by molar-refractivity contribution is 5.96. The fraction of sp³-hybridized carbons (Fsp3) is 0.462. The maximum atomic E-state index is 12.4. The molecule has 0 bridgehead atoms. The largest absolute Gasteiger partial charge is 0.329 e. The molecule has 3 rings (SSSR count). The Kier molecular flexibility index (Phi) is 2.52. The number of nitrogens with zero attached hydrogens (tertiary/aromatic N) is 2. The van der Waals surface area contributed by atoms with E-state index in [-0.39, 0.29) is 6.03 Å². The zero-order valence-electron chi connectivity index (χ0n) is 9.80. The van der Waals surface area contributed by atoms with Crippen LogP contribution in [-0.4, -0.2) is 30.1 Å². The molecule has 0 unspecified atom stereocenters. The molecule has 2 amide bonds. The number of urea groups is 1. The molecule has 2 N–H and O–H groups in total. The highest BCUT2D eigenvalue weighted by Crippen LogP contribution is 2.37. The third-order valence-corrected chi connectivity index (χ3v) is 3.40. The number of hydrogen-bond donors (Lipinski definition) is 1. The van der Waals surface area contributed by atoms with Crippen molar-refractivity contribution in [3.8, 4) is 0 Å². The number of benzene rings is 1. The van der Waals surface area contributed by atoms with Crippen LogP contribution in [0.4, 0.5) is 10.5 Å². The highest BCUT2D eigenvalue weighted by atomic mass is 16.2. The first-order valence-corrected chi connectivity index (χ1v) is 6.17.